The fraction of sp³-hybridized carbons (Fsp3) is 0.111. The molecule has 7 heteroatoms. The molecule has 1 N–H and O–H groups in total. The number of aromatic carboxylic acids is 1. The number of carboxylic acid groups (broad SMARTS) is 1. The van der Waals surface area contributed by atoms with E-state index in [2.05, 4.69) is 5.32 Å². The zero-order chi connectivity index (χ0) is 12.3. The second-order valence-corrected chi connectivity index (χ2v) is 2.93. The Kier molecular flexibility index (Phi) is 3.19. The summed E-state index contributed by atoms with van der Waals surface area (Å²) < 4.78 is 0. The minimum absolute atomic E-state index is 0.361. The highest BCUT2D eigenvalue weighted by Crippen LogP contribution is 2.27. The lowest BCUT2D eigenvalue weighted by Gasteiger charge is -2.10. The number of nitro benzene ring substituents is 1. The van der Waals surface area contributed by atoms with Crippen LogP contribution in [0.15, 0.2) is 18.2 Å². The number of carbonyl (C=O) groups is 2. The summed E-state index contributed by atoms with van der Waals surface area (Å²) in [6.45, 7) is 1.12. The number of hydrogen-bond donors (Lipinski definition) is 1. The normalized spacial score (nSPS) is 9.56. The van der Waals surface area contributed by atoms with Gasteiger partial charge in [0.05, 0.1) is 10.9 Å². The summed E-state index contributed by atoms with van der Waals surface area (Å²) in [7, 11) is 0. The van der Waals surface area contributed by atoms with Crippen LogP contribution in [0.5, 0.6) is 0 Å². The Bertz CT molecular complexity index is 437. The van der Waals surface area contributed by atoms with E-state index in [0.29, 0.717) is 0 Å². The van der Waals surface area contributed by atoms with Gasteiger partial charge in [0.1, 0.15) is 5.69 Å². The second-order valence-electron chi connectivity index (χ2n) is 2.93. The van der Waals surface area contributed by atoms with Crippen LogP contribution < -0.4 is 10.4 Å². The fourth-order valence-corrected chi connectivity index (χ4v) is 1.17. The van der Waals surface area contributed by atoms with Crippen molar-refractivity contribution in [3.05, 3.63) is 33.9 Å². The predicted octanol–water partition coefficient (Wildman–Crippen LogP) is -0.0833. The quantitative estimate of drug-likeness (QED) is 0.568. The number of nitrogens with zero attached hydrogens (tertiary/aromatic N) is 1. The molecule has 0 aliphatic heterocycles. The first-order chi connectivity index (χ1) is 7.43. The third-order valence-corrected chi connectivity index (χ3v) is 1.76. The maximum Gasteiger partial charge on any atom is 0.293 e. The Morgan fingerprint density at radius 1 is 1.38 bits per heavy atom. The van der Waals surface area contributed by atoms with Crippen molar-refractivity contribution in [3.63, 3.8) is 0 Å². The van der Waals surface area contributed by atoms with E-state index >= 15 is 0 Å². The van der Waals surface area contributed by atoms with Crippen LogP contribution in [0.1, 0.15) is 17.3 Å². The molecule has 0 fully saturated rings. The van der Waals surface area contributed by atoms with Gasteiger partial charge in [0.25, 0.3) is 5.69 Å². The van der Waals surface area contributed by atoms with E-state index in [1.54, 1.807) is 0 Å². The summed E-state index contributed by atoms with van der Waals surface area (Å²) in [5, 5.41) is 23.4. The Labute approximate surface area is 89.8 Å². The van der Waals surface area contributed by atoms with Crippen LogP contribution in [0.4, 0.5) is 11.4 Å². The number of benzene rings is 1. The van der Waals surface area contributed by atoms with Gasteiger partial charge in [-0.2, -0.15) is 0 Å². The van der Waals surface area contributed by atoms with Gasteiger partial charge in [-0.05, 0) is 0 Å². The first-order valence-corrected chi connectivity index (χ1v) is 4.20. The van der Waals surface area contributed by atoms with Crippen molar-refractivity contribution in [3.8, 4) is 0 Å². The molecule has 0 saturated heterocycles. The van der Waals surface area contributed by atoms with Crippen molar-refractivity contribution in [2.24, 2.45) is 0 Å². The van der Waals surface area contributed by atoms with Gasteiger partial charge in [0.2, 0.25) is 5.91 Å². The number of nitro groups is 1. The largest absolute Gasteiger partial charge is 0.545 e. The molecule has 1 amide bonds. The van der Waals surface area contributed by atoms with Crippen LogP contribution in [-0.2, 0) is 4.79 Å². The summed E-state index contributed by atoms with van der Waals surface area (Å²) >= 11 is 0. The minimum Gasteiger partial charge on any atom is -0.545 e. The highest BCUT2D eigenvalue weighted by Gasteiger charge is 2.18. The van der Waals surface area contributed by atoms with Crippen LogP contribution in [-0.4, -0.2) is 16.8 Å². The van der Waals surface area contributed by atoms with Crippen LogP contribution in [0.2, 0.25) is 0 Å². The molecule has 1 aromatic rings. The second kappa shape index (κ2) is 4.39. The molecule has 0 aliphatic carbocycles. The number of amides is 1. The number of carboxylic acids is 1. The summed E-state index contributed by atoms with van der Waals surface area (Å²) in [6.07, 6.45) is 0. The Morgan fingerprint density at radius 2 is 2.00 bits per heavy atom. The van der Waals surface area contributed by atoms with Gasteiger partial charge in [-0.15, -0.1) is 0 Å². The molecule has 0 spiro atoms. The number of hydrogen-bond acceptors (Lipinski definition) is 5. The molecule has 0 unspecified atom stereocenters. The van der Waals surface area contributed by atoms with Gasteiger partial charge in [-0.3, -0.25) is 14.9 Å². The van der Waals surface area contributed by atoms with Crippen molar-refractivity contribution < 1.29 is 19.6 Å². The van der Waals surface area contributed by atoms with Gasteiger partial charge in [-0.25, -0.2) is 0 Å². The minimum atomic E-state index is -1.59. The fourth-order valence-electron chi connectivity index (χ4n) is 1.17. The molecule has 0 aromatic heterocycles. The van der Waals surface area contributed by atoms with Crippen molar-refractivity contribution in [1.29, 1.82) is 0 Å². The van der Waals surface area contributed by atoms with E-state index < -0.39 is 28.1 Å². The summed E-state index contributed by atoms with van der Waals surface area (Å²) in [6, 6.07) is 3.42. The number of anilines is 1. The van der Waals surface area contributed by atoms with E-state index in [-0.39, 0.29) is 5.69 Å². The van der Waals surface area contributed by atoms with Crippen molar-refractivity contribution in [2.75, 3.05) is 5.32 Å². The molecule has 1 rings (SSSR count). The lowest BCUT2D eigenvalue weighted by Crippen LogP contribution is -2.24. The summed E-state index contributed by atoms with van der Waals surface area (Å²) in [5.41, 5.74) is -1.28. The van der Waals surface area contributed by atoms with E-state index in [1.807, 2.05) is 0 Å². The van der Waals surface area contributed by atoms with Gasteiger partial charge < -0.3 is 15.2 Å². The maximum absolute atomic E-state index is 10.8. The van der Waals surface area contributed by atoms with E-state index in [4.69, 9.17) is 0 Å². The number of carbonyl (C=O) groups excluding carboxylic acids is 2. The predicted molar refractivity (Wildman–Crippen MR) is 51.7 cm³/mol. The molecule has 1 aromatic carbocycles. The van der Waals surface area contributed by atoms with Gasteiger partial charge in [-0.1, -0.05) is 12.1 Å². The Hall–Kier alpha value is -2.44. The molecule has 7 nitrogen and oxygen atoms in total. The van der Waals surface area contributed by atoms with Crippen molar-refractivity contribution >= 4 is 23.3 Å². The third-order valence-electron chi connectivity index (χ3n) is 1.76. The number of nitrogens with one attached hydrogen (secondary N) is 1. The molecule has 16 heavy (non-hydrogen) atoms. The van der Waals surface area contributed by atoms with Crippen molar-refractivity contribution in [2.45, 2.75) is 6.92 Å². The smallest absolute Gasteiger partial charge is 0.293 e. The van der Waals surface area contributed by atoms with E-state index in [9.17, 15) is 24.8 Å². The molecule has 0 saturated carbocycles. The maximum atomic E-state index is 10.8. The number of para-hydroxylation sites is 1. The topological polar surface area (TPSA) is 112 Å². The molecule has 0 bridgehead atoms. The van der Waals surface area contributed by atoms with Gasteiger partial charge >= 0.3 is 0 Å². The van der Waals surface area contributed by atoms with Crippen LogP contribution in [0, 0.1) is 10.1 Å². The average molecular weight is 223 g/mol. The van der Waals surface area contributed by atoms with Gasteiger partial charge in [0.15, 0.2) is 0 Å². The molecule has 84 valence electrons. The van der Waals surface area contributed by atoms with Gasteiger partial charge in [0, 0.05) is 18.6 Å². The highest BCUT2D eigenvalue weighted by molar-refractivity contribution is 6.01. The monoisotopic (exact) mass is 223 g/mol. The molecule has 0 atom stereocenters. The third kappa shape index (κ3) is 2.32. The first-order valence-electron chi connectivity index (χ1n) is 4.20. The zero-order valence-electron chi connectivity index (χ0n) is 8.22. The first kappa shape index (κ1) is 11.6. The molecule has 0 radical (unpaired) electrons. The zero-order valence-corrected chi connectivity index (χ0v) is 8.22. The van der Waals surface area contributed by atoms with Crippen LogP contribution in [0.3, 0.4) is 0 Å². The summed E-state index contributed by atoms with van der Waals surface area (Å²) in [5.74, 6) is -2.19. The van der Waals surface area contributed by atoms with Crippen molar-refractivity contribution in [1.82, 2.24) is 0 Å². The molecule has 0 heterocycles. The lowest BCUT2D eigenvalue weighted by atomic mass is 10.1. The molecule has 0 aliphatic rings. The van der Waals surface area contributed by atoms with E-state index in [0.717, 1.165) is 19.1 Å². The molecular formula is C9H7N2O5-. The Morgan fingerprint density at radius 3 is 2.44 bits per heavy atom. The summed E-state index contributed by atoms with van der Waals surface area (Å²) in [4.78, 5) is 31.3. The highest BCUT2D eigenvalue weighted by atomic mass is 16.6. The van der Waals surface area contributed by atoms with Crippen LogP contribution >= 0.6 is 0 Å². The Balaban J connectivity index is 3.40. The number of rotatable bonds is 3. The standard InChI is InChI=1S/C9H8N2O5/c1-5(12)10-8-6(9(13)14)3-2-4-7(8)11(15)16/h2-4H,1H3,(H,10,12)(H,13,14)/p-1. The average Bonchev–Trinajstić information content (AvgIpc) is 2.16. The van der Waals surface area contributed by atoms with Crippen LogP contribution in [0.25, 0.3) is 0 Å². The van der Waals surface area contributed by atoms with E-state index in [1.165, 1.54) is 6.07 Å². The SMILES string of the molecule is CC(=O)Nc1c(C(=O)[O-])cccc1[N+](=O)[O-]. The molecular weight excluding hydrogens is 216 g/mol. The lowest BCUT2D eigenvalue weighted by molar-refractivity contribution is -0.384.